The summed E-state index contributed by atoms with van der Waals surface area (Å²) in [6.07, 6.45) is 1.97. The molecular formula is C18H17NO2. The Morgan fingerprint density at radius 1 is 1.10 bits per heavy atom. The minimum Gasteiger partial charge on any atom is -0.464 e. The summed E-state index contributed by atoms with van der Waals surface area (Å²) in [7, 11) is 0. The van der Waals surface area contributed by atoms with Crippen molar-refractivity contribution in [3.05, 3.63) is 65.4 Å². The molecule has 0 aliphatic carbocycles. The summed E-state index contributed by atoms with van der Waals surface area (Å²) < 4.78 is 5.45. The number of benzene rings is 2. The summed E-state index contributed by atoms with van der Waals surface area (Å²) >= 11 is 0. The Balaban J connectivity index is 1.75. The van der Waals surface area contributed by atoms with Gasteiger partial charge < -0.3 is 9.73 Å². The van der Waals surface area contributed by atoms with Crippen LogP contribution in [0.1, 0.15) is 16.7 Å². The van der Waals surface area contributed by atoms with E-state index >= 15 is 0 Å². The van der Waals surface area contributed by atoms with Crippen molar-refractivity contribution in [2.45, 2.75) is 20.3 Å². The van der Waals surface area contributed by atoms with Crippen LogP contribution in [0.2, 0.25) is 0 Å². The highest BCUT2D eigenvalue weighted by Crippen LogP contribution is 2.21. The van der Waals surface area contributed by atoms with Gasteiger partial charge in [0.05, 0.1) is 12.7 Å². The number of carbonyl (C=O) groups is 1. The summed E-state index contributed by atoms with van der Waals surface area (Å²) in [5.74, 6) is -0.0372. The van der Waals surface area contributed by atoms with E-state index in [1.807, 2.05) is 49.4 Å². The van der Waals surface area contributed by atoms with Gasteiger partial charge in [0, 0.05) is 16.6 Å². The van der Waals surface area contributed by atoms with Crippen LogP contribution >= 0.6 is 0 Å². The first-order valence-electron chi connectivity index (χ1n) is 6.96. The van der Waals surface area contributed by atoms with Gasteiger partial charge >= 0.3 is 0 Å². The maximum absolute atomic E-state index is 12.2. The number of rotatable bonds is 3. The molecule has 3 aromatic rings. The van der Waals surface area contributed by atoms with E-state index in [9.17, 15) is 4.79 Å². The van der Waals surface area contributed by atoms with Crippen LogP contribution in [0.5, 0.6) is 0 Å². The van der Waals surface area contributed by atoms with Crippen molar-refractivity contribution in [1.29, 1.82) is 0 Å². The molecule has 0 unspecified atom stereocenters. The van der Waals surface area contributed by atoms with Crippen LogP contribution in [0.4, 0.5) is 5.69 Å². The Kier molecular flexibility index (Phi) is 3.48. The van der Waals surface area contributed by atoms with E-state index in [2.05, 4.69) is 12.2 Å². The molecule has 0 aliphatic heterocycles. The minimum absolute atomic E-state index is 0.0372. The van der Waals surface area contributed by atoms with Crippen LogP contribution in [0.3, 0.4) is 0 Å². The summed E-state index contributed by atoms with van der Waals surface area (Å²) in [6.45, 7) is 4.09. The van der Waals surface area contributed by atoms with Crippen LogP contribution in [-0.2, 0) is 11.2 Å². The Morgan fingerprint density at radius 2 is 1.90 bits per heavy atom. The number of hydrogen-bond donors (Lipinski definition) is 1. The van der Waals surface area contributed by atoms with Crippen molar-refractivity contribution >= 4 is 22.6 Å². The van der Waals surface area contributed by atoms with E-state index in [-0.39, 0.29) is 5.91 Å². The lowest BCUT2D eigenvalue weighted by molar-refractivity contribution is -0.115. The molecule has 3 rings (SSSR count). The molecule has 1 amide bonds. The number of amides is 1. The van der Waals surface area contributed by atoms with Crippen molar-refractivity contribution in [1.82, 2.24) is 0 Å². The number of aryl methyl sites for hydroxylation is 2. The lowest BCUT2D eigenvalue weighted by atomic mass is 10.1. The Hall–Kier alpha value is -2.55. The highest BCUT2D eigenvalue weighted by molar-refractivity contribution is 5.95. The average molecular weight is 279 g/mol. The predicted octanol–water partition coefficient (Wildman–Crippen LogP) is 4.23. The Morgan fingerprint density at radius 3 is 2.71 bits per heavy atom. The molecule has 106 valence electrons. The fourth-order valence-corrected chi connectivity index (χ4v) is 2.37. The molecule has 0 saturated carbocycles. The van der Waals surface area contributed by atoms with Gasteiger partial charge in [-0.2, -0.15) is 0 Å². The number of furan rings is 1. The number of carbonyl (C=O) groups excluding carboxylic acids is 1. The lowest BCUT2D eigenvalue weighted by Gasteiger charge is -2.07. The molecule has 1 aromatic heterocycles. The van der Waals surface area contributed by atoms with Crippen molar-refractivity contribution in [3.8, 4) is 0 Å². The van der Waals surface area contributed by atoms with Crippen LogP contribution in [-0.4, -0.2) is 5.91 Å². The molecule has 1 N–H and O–H groups in total. The minimum atomic E-state index is -0.0372. The number of hydrogen-bond acceptors (Lipinski definition) is 2. The molecule has 0 radical (unpaired) electrons. The zero-order valence-electron chi connectivity index (χ0n) is 12.1. The maximum Gasteiger partial charge on any atom is 0.228 e. The smallest absolute Gasteiger partial charge is 0.228 e. The molecule has 2 aromatic carbocycles. The SMILES string of the molecule is Cc1ccc(NC(=O)Cc2coc3ccccc23)cc1C. The fourth-order valence-electron chi connectivity index (χ4n) is 2.37. The summed E-state index contributed by atoms with van der Waals surface area (Å²) in [4.78, 5) is 12.2. The van der Waals surface area contributed by atoms with Gasteiger partial charge in [-0.15, -0.1) is 0 Å². The molecule has 0 atom stereocenters. The molecule has 3 heteroatoms. The number of nitrogens with one attached hydrogen (secondary N) is 1. The second-order valence-electron chi connectivity index (χ2n) is 5.28. The largest absolute Gasteiger partial charge is 0.464 e. The molecule has 0 saturated heterocycles. The van der Waals surface area contributed by atoms with Crippen LogP contribution in [0, 0.1) is 13.8 Å². The number of anilines is 1. The summed E-state index contributed by atoms with van der Waals surface area (Å²) in [6, 6.07) is 13.7. The lowest BCUT2D eigenvalue weighted by Crippen LogP contribution is -2.14. The van der Waals surface area contributed by atoms with Crippen molar-refractivity contribution in [3.63, 3.8) is 0 Å². The van der Waals surface area contributed by atoms with Crippen LogP contribution in [0.25, 0.3) is 11.0 Å². The second kappa shape index (κ2) is 5.44. The maximum atomic E-state index is 12.2. The van der Waals surface area contributed by atoms with E-state index in [4.69, 9.17) is 4.42 Å². The van der Waals surface area contributed by atoms with Crippen LogP contribution < -0.4 is 5.32 Å². The van der Waals surface area contributed by atoms with E-state index in [0.29, 0.717) is 6.42 Å². The topological polar surface area (TPSA) is 42.2 Å². The van der Waals surface area contributed by atoms with Gasteiger partial charge in [0.15, 0.2) is 0 Å². The van der Waals surface area contributed by atoms with Crippen LogP contribution in [0.15, 0.2) is 53.1 Å². The van der Waals surface area contributed by atoms with E-state index in [0.717, 1.165) is 22.2 Å². The van der Waals surface area contributed by atoms with Gasteiger partial charge in [-0.1, -0.05) is 24.3 Å². The average Bonchev–Trinajstić information content (AvgIpc) is 2.86. The fraction of sp³-hybridized carbons (Fsp3) is 0.167. The molecule has 0 aliphatic rings. The highest BCUT2D eigenvalue weighted by atomic mass is 16.3. The molecule has 0 bridgehead atoms. The van der Waals surface area contributed by atoms with Gasteiger partial charge in [0.25, 0.3) is 0 Å². The molecule has 0 fully saturated rings. The van der Waals surface area contributed by atoms with Crippen molar-refractivity contribution < 1.29 is 9.21 Å². The number of para-hydroxylation sites is 1. The quantitative estimate of drug-likeness (QED) is 0.779. The zero-order chi connectivity index (χ0) is 14.8. The monoisotopic (exact) mass is 279 g/mol. The van der Waals surface area contributed by atoms with E-state index in [1.165, 1.54) is 11.1 Å². The molecule has 0 spiro atoms. The van der Waals surface area contributed by atoms with Crippen molar-refractivity contribution in [2.75, 3.05) is 5.32 Å². The normalized spacial score (nSPS) is 10.8. The number of fused-ring (bicyclic) bond motifs is 1. The third-order valence-corrected chi connectivity index (χ3v) is 3.70. The summed E-state index contributed by atoms with van der Waals surface area (Å²) in [5, 5.41) is 3.93. The van der Waals surface area contributed by atoms with Gasteiger partial charge in [-0.3, -0.25) is 4.79 Å². The summed E-state index contributed by atoms with van der Waals surface area (Å²) in [5.41, 5.74) is 4.93. The predicted molar refractivity (Wildman–Crippen MR) is 84.5 cm³/mol. The first-order valence-corrected chi connectivity index (χ1v) is 6.96. The van der Waals surface area contributed by atoms with E-state index in [1.54, 1.807) is 6.26 Å². The molecule has 21 heavy (non-hydrogen) atoms. The highest BCUT2D eigenvalue weighted by Gasteiger charge is 2.10. The van der Waals surface area contributed by atoms with Gasteiger partial charge in [-0.25, -0.2) is 0 Å². The molecule has 3 nitrogen and oxygen atoms in total. The zero-order valence-corrected chi connectivity index (χ0v) is 12.1. The third-order valence-electron chi connectivity index (χ3n) is 3.70. The van der Waals surface area contributed by atoms with E-state index < -0.39 is 0 Å². The van der Waals surface area contributed by atoms with Crippen molar-refractivity contribution in [2.24, 2.45) is 0 Å². The second-order valence-corrected chi connectivity index (χ2v) is 5.28. The molecular weight excluding hydrogens is 262 g/mol. The van der Waals surface area contributed by atoms with Gasteiger partial charge in [0.1, 0.15) is 5.58 Å². The Labute approximate surface area is 123 Å². The Bertz CT molecular complexity index is 802. The van der Waals surface area contributed by atoms with Gasteiger partial charge in [-0.05, 0) is 43.2 Å². The van der Waals surface area contributed by atoms with Gasteiger partial charge in [0.2, 0.25) is 5.91 Å². The third kappa shape index (κ3) is 2.82. The first kappa shape index (κ1) is 13.4. The molecule has 1 heterocycles. The first-order chi connectivity index (χ1) is 10.1. The standard InChI is InChI=1S/C18H17NO2/c1-12-7-8-15(9-13(12)2)19-18(20)10-14-11-21-17-6-4-3-5-16(14)17/h3-9,11H,10H2,1-2H3,(H,19,20).